The molecule has 6 nitrogen and oxygen atoms in total. The fourth-order valence-electron chi connectivity index (χ4n) is 2.10. The molecule has 2 rings (SSSR count). The van der Waals surface area contributed by atoms with Crippen molar-refractivity contribution in [2.24, 2.45) is 0 Å². The predicted octanol–water partition coefficient (Wildman–Crippen LogP) is 3.94. The number of anilines is 1. The first-order chi connectivity index (χ1) is 10.9. The van der Waals surface area contributed by atoms with Crippen molar-refractivity contribution in [2.45, 2.75) is 26.9 Å². The monoisotopic (exact) mass is 314 g/mol. The standard InChI is InChI=1S/C17H18N2O4/c1-11(2)23-16-7-5-4-6-14(16)17(20)18-15-9-8-13(19(21)22)10-12(15)3/h4-11H,1-3H3,(H,18,20). The molecule has 0 unspecified atom stereocenters. The van der Waals surface area contributed by atoms with Crippen LogP contribution in [0.1, 0.15) is 29.8 Å². The maximum atomic E-state index is 12.5. The molecule has 2 aromatic rings. The zero-order valence-electron chi connectivity index (χ0n) is 13.2. The van der Waals surface area contributed by atoms with Crippen LogP contribution in [0.5, 0.6) is 5.75 Å². The zero-order valence-corrected chi connectivity index (χ0v) is 13.2. The minimum atomic E-state index is -0.468. The Morgan fingerprint density at radius 2 is 1.91 bits per heavy atom. The Kier molecular flexibility index (Phi) is 4.95. The van der Waals surface area contributed by atoms with Gasteiger partial charge in [0.25, 0.3) is 11.6 Å². The van der Waals surface area contributed by atoms with Crippen LogP contribution in [-0.2, 0) is 0 Å². The number of nitro groups is 1. The number of amides is 1. The van der Waals surface area contributed by atoms with Gasteiger partial charge in [-0.3, -0.25) is 14.9 Å². The average molecular weight is 314 g/mol. The molecule has 0 fully saturated rings. The second kappa shape index (κ2) is 6.91. The van der Waals surface area contributed by atoms with Crippen LogP contribution >= 0.6 is 0 Å². The number of para-hydroxylation sites is 1. The first-order valence-corrected chi connectivity index (χ1v) is 7.20. The van der Waals surface area contributed by atoms with Gasteiger partial charge in [0, 0.05) is 17.8 Å². The zero-order chi connectivity index (χ0) is 17.0. The Morgan fingerprint density at radius 3 is 2.52 bits per heavy atom. The van der Waals surface area contributed by atoms with E-state index in [1.54, 1.807) is 31.2 Å². The van der Waals surface area contributed by atoms with Crippen LogP contribution in [-0.4, -0.2) is 16.9 Å². The number of ether oxygens (including phenoxy) is 1. The molecule has 0 aliphatic heterocycles. The summed E-state index contributed by atoms with van der Waals surface area (Å²) in [6.45, 7) is 5.48. The number of nitrogens with one attached hydrogen (secondary N) is 1. The third kappa shape index (κ3) is 4.06. The summed E-state index contributed by atoms with van der Waals surface area (Å²) in [6, 6.07) is 11.3. The lowest BCUT2D eigenvalue weighted by atomic mass is 10.1. The molecule has 0 spiro atoms. The van der Waals surface area contributed by atoms with Gasteiger partial charge in [0.2, 0.25) is 0 Å². The highest BCUT2D eigenvalue weighted by Crippen LogP contribution is 2.24. The fourth-order valence-corrected chi connectivity index (χ4v) is 2.10. The van der Waals surface area contributed by atoms with Crippen molar-refractivity contribution in [1.29, 1.82) is 0 Å². The van der Waals surface area contributed by atoms with Gasteiger partial charge in [0.15, 0.2) is 0 Å². The minimum absolute atomic E-state index is 0.0101. The number of hydrogen-bond acceptors (Lipinski definition) is 4. The molecule has 0 saturated carbocycles. The summed E-state index contributed by atoms with van der Waals surface area (Å²) in [5, 5.41) is 13.5. The Balaban J connectivity index is 2.24. The summed E-state index contributed by atoms with van der Waals surface area (Å²) in [5.74, 6) is 0.178. The van der Waals surface area contributed by atoms with E-state index in [-0.39, 0.29) is 17.7 Å². The van der Waals surface area contributed by atoms with Gasteiger partial charge in [-0.05, 0) is 44.5 Å². The van der Waals surface area contributed by atoms with Crippen molar-refractivity contribution < 1.29 is 14.5 Å². The maximum Gasteiger partial charge on any atom is 0.269 e. The smallest absolute Gasteiger partial charge is 0.269 e. The number of nitro benzene ring substituents is 1. The Labute approximate surface area is 134 Å². The Bertz CT molecular complexity index is 741. The number of non-ortho nitro benzene ring substituents is 1. The largest absolute Gasteiger partial charge is 0.490 e. The van der Waals surface area contributed by atoms with Gasteiger partial charge in [-0.1, -0.05) is 12.1 Å². The first-order valence-electron chi connectivity index (χ1n) is 7.20. The normalized spacial score (nSPS) is 10.4. The number of aryl methyl sites for hydroxylation is 1. The molecule has 0 aliphatic rings. The van der Waals surface area contributed by atoms with E-state index in [0.29, 0.717) is 22.6 Å². The summed E-state index contributed by atoms with van der Waals surface area (Å²) in [7, 11) is 0. The molecule has 0 radical (unpaired) electrons. The number of nitrogens with zero attached hydrogens (tertiary/aromatic N) is 1. The third-order valence-electron chi connectivity index (χ3n) is 3.16. The van der Waals surface area contributed by atoms with Crippen molar-refractivity contribution in [3.63, 3.8) is 0 Å². The molecule has 120 valence electrons. The van der Waals surface area contributed by atoms with Crippen molar-refractivity contribution in [2.75, 3.05) is 5.32 Å². The minimum Gasteiger partial charge on any atom is -0.490 e. The lowest BCUT2D eigenvalue weighted by Gasteiger charge is -2.14. The number of benzene rings is 2. The van der Waals surface area contributed by atoms with Gasteiger partial charge < -0.3 is 10.1 Å². The quantitative estimate of drug-likeness (QED) is 0.669. The topological polar surface area (TPSA) is 81.5 Å². The summed E-state index contributed by atoms with van der Waals surface area (Å²) < 4.78 is 5.63. The maximum absolute atomic E-state index is 12.5. The molecule has 0 aliphatic carbocycles. The van der Waals surface area contributed by atoms with Crippen LogP contribution in [0.2, 0.25) is 0 Å². The van der Waals surface area contributed by atoms with E-state index in [4.69, 9.17) is 4.74 Å². The van der Waals surface area contributed by atoms with Crippen LogP contribution in [0, 0.1) is 17.0 Å². The second-order valence-corrected chi connectivity index (χ2v) is 5.37. The molecule has 0 heterocycles. The van der Waals surface area contributed by atoms with E-state index in [1.807, 2.05) is 13.8 Å². The number of hydrogen-bond donors (Lipinski definition) is 1. The fraction of sp³-hybridized carbons (Fsp3) is 0.235. The van der Waals surface area contributed by atoms with E-state index in [9.17, 15) is 14.9 Å². The summed E-state index contributed by atoms with van der Waals surface area (Å²) in [5.41, 5.74) is 1.55. The van der Waals surface area contributed by atoms with Crippen LogP contribution < -0.4 is 10.1 Å². The molecule has 1 N–H and O–H groups in total. The predicted molar refractivity (Wildman–Crippen MR) is 88.0 cm³/mol. The highest BCUT2D eigenvalue weighted by Gasteiger charge is 2.15. The SMILES string of the molecule is Cc1cc([N+](=O)[O-])ccc1NC(=O)c1ccccc1OC(C)C. The molecule has 0 bridgehead atoms. The molecule has 0 aromatic heterocycles. The summed E-state index contributed by atoms with van der Waals surface area (Å²) in [4.78, 5) is 22.8. The second-order valence-electron chi connectivity index (χ2n) is 5.37. The molecule has 23 heavy (non-hydrogen) atoms. The van der Waals surface area contributed by atoms with Gasteiger partial charge in [0.1, 0.15) is 5.75 Å². The molecule has 0 atom stereocenters. The van der Waals surface area contributed by atoms with Crippen molar-refractivity contribution in [1.82, 2.24) is 0 Å². The van der Waals surface area contributed by atoms with E-state index >= 15 is 0 Å². The number of carbonyl (C=O) groups excluding carboxylic acids is 1. The summed E-state index contributed by atoms with van der Waals surface area (Å²) in [6.07, 6.45) is -0.0509. The van der Waals surface area contributed by atoms with E-state index in [2.05, 4.69) is 5.32 Å². The molecule has 0 saturated heterocycles. The van der Waals surface area contributed by atoms with Gasteiger partial charge in [-0.15, -0.1) is 0 Å². The van der Waals surface area contributed by atoms with E-state index < -0.39 is 4.92 Å². The molecular weight excluding hydrogens is 296 g/mol. The van der Waals surface area contributed by atoms with Gasteiger partial charge in [-0.25, -0.2) is 0 Å². The number of rotatable bonds is 5. The van der Waals surface area contributed by atoms with Crippen LogP contribution in [0.25, 0.3) is 0 Å². The van der Waals surface area contributed by atoms with Crippen LogP contribution in [0.15, 0.2) is 42.5 Å². The Morgan fingerprint density at radius 1 is 1.22 bits per heavy atom. The van der Waals surface area contributed by atoms with Crippen LogP contribution in [0.3, 0.4) is 0 Å². The average Bonchev–Trinajstić information content (AvgIpc) is 2.49. The molecule has 2 aromatic carbocycles. The van der Waals surface area contributed by atoms with E-state index in [1.165, 1.54) is 18.2 Å². The van der Waals surface area contributed by atoms with E-state index in [0.717, 1.165) is 0 Å². The highest BCUT2D eigenvalue weighted by molar-refractivity contribution is 6.06. The van der Waals surface area contributed by atoms with Crippen molar-refractivity contribution in [3.05, 3.63) is 63.7 Å². The lowest BCUT2D eigenvalue weighted by molar-refractivity contribution is -0.384. The van der Waals surface area contributed by atoms with Crippen molar-refractivity contribution in [3.8, 4) is 5.75 Å². The first kappa shape index (κ1) is 16.5. The number of carbonyl (C=O) groups is 1. The third-order valence-corrected chi connectivity index (χ3v) is 3.16. The molecular formula is C17H18N2O4. The lowest BCUT2D eigenvalue weighted by Crippen LogP contribution is -2.16. The molecule has 1 amide bonds. The molecule has 6 heteroatoms. The highest BCUT2D eigenvalue weighted by atomic mass is 16.6. The van der Waals surface area contributed by atoms with Gasteiger partial charge in [-0.2, -0.15) is 0 Å². The summed E-state index contributed by atoms with van der Waals surface area (Å²) >= 11 is 0. The van der Waals surface area contributed by atoms with Crippen molar-refractivity contribution >= 4 is 17.3 Å². The van der Waals surface area contributed by atoms with Crippen LogP contribution in [0.4, 0.5) is 11.4 Å². The van der Waals surface area contributed by atoms with Gasteiger partial charge >= 0.3 is 0 Å². The Hall–Kier alpha value is -2.89. The van der Waals surface area contributed by atoms with Gasteiger partial charge in [0.05, 0.1) is 16.6 Å².